The molecule has 0 unspecified atom stereocenters. The lowest BCUT2D eigenvalue weighted by Crippen LogP contribution is -2.67. The third-order valence-electron chi connectivity index (χ3n) is 9.06. The SMILES string of the molecule is CC(C)(O)c1ccc(CCCC(CCCc2ccc(C(C)(C)O)cc2)O[Si](c2ccccc2)(c2ccccc2)C(C)(C)C)cc1. The Morgan fingerprint density at radius 3 is 1.20 bits per heavy atom. The lowest BCUT2D eigenvalue weighted by Gasteiger charge is -2.45. The number of aryl methyl sites for hydroxylation is 2. The molecule has 0 aromatic heterocycles. The Morgan fingerprint density at radius 1 is 0.533 bits per heavy atom. The van der Waals surface area contributed by atoms with Gasteiger partial charge >= 0.3 is 0 Å². The number of hydrogen-bond donors (Lipinski definition) is 2. The third kappa shape index (κ3) is 9.04. The molecule has 0 radical (unpaired) electrons. The van der Waals surface area contributed by atoms with Gasteiger partial charge in [-0.1, -0.05) is 130 Å². The summed E-state index contributed by atoms with van der Waals surface area (Å²) in [7, 11) is -2.68. The molecule has 45 heavy (non-hydrogen) atoms. The smallest absolute Gasteiger partial charge is 0.261 e. The van der Waals surface area contributed by atoms with Gasteiger partial charge < -0.3 is 14.6 Å². The molecule has 0 saturated heterocycles. The molecular formula is C41H54O3Si. The second kappa shape index (κ2) is 14.6. The van der Waals surface area contributed by atoms with E-state index in [0.29, 0.717) is 0 Å². The Kier molecular flexibility index (Phi) is 11.3. The van der Waals surface area contributed by atoms with Crippen molar-refractivity contribution in [2.45, 2.75) is 109 Å². The van der Waals surface area contributed by atoms with Crippen LogP contribution in [0.3, 0.4) is 0 Å². The molecule has 0 aliphatic carbocycles. The van der Waals surface area contributed by atoms with Crippen molar-refractivity contribution >= 4 is 18.7 Å². The van der Waals surface area contributed by atoms with E-state index >= 15 is 0 Å². The Labute approximate surface area is 273 Å². The highest BCUT2D eigenvalue weighted by Gasteiger charge is 2.51. The molecule has 0 bridgehead atoms. The predicted molar refractivity (Wildman–Crippen MR) is 192 cm³/mol. The van der Waals surface area contributed by atoms with Crippen LogP contribution in [0.25, 0.3) is 0 Å². The van der Waals surface area contributed by atoms with Crippen LogP contribution in [0.1, 0.15) is 96.4 Å². The highest BCUT2D eigenvalue weighted by molar-refractivity contribution is 6.99. The van der Waals surface area contributed by atoms with E-state index in [4.69, 9.17) is 4.43 Å². The van der Waals surface area contributed by atoms with Crippen LogP contribution >= 0.6 is 0 Å². The third-order valence-corrected chi connectivity index (χ3v) is 14.2. The highest BCUT2D eigenvalue weighted by Crippen LogP contribution is 2.38. The molecule has 0 aliphatic heterocycles. The van der Waals surface area contributed by atoms with Gasteiger partial charge in [-0.25, -0.2) is 0 Å². The van der Waals surface area contributed by atoms with E-state index in [1.54, 1.807) is 0 Å². The molecule has 0 spiro atoms. The zero-order valence-corrected chi connectivity index (χ0v) is 29.5. The molecule has 4 heteroatoms. The van der Waals surface area contributed by atoms with Gasteiger partial charge in [0.25, 0.3) is 8.32 Å². The topological polar surface area (TPSA) is 49.7 Å². The normalized spacial score (nSPS) is 12.9. The van der Waals surface area contributed by atoms with Crippen LogP contribution in [-0.2, 0) is 28.5 Å². The van der Waals surface area contributed by atoms with E-state index in [9.17, 15) is 10.2 Å². The van der Waals surface area contributed by atoms with Crippen molar-refractivity contribution in [1.82, 2.24) is 0 Å². The largest absolute Gasteiger partial charge is 0.404 e. The van der Waals surface area contributed by atoms with Crippen LogP contribution in [0.15, 0.2) is 109 Å². The van der Waals surface area contributed by atoms with Crippen molar-refractivity contribution < 1.29 is 14.6 Å². The first kappa shape index (κ1) is 34.8. The molecule has 4 aromatic rings. The number of hydrogen-bond acceptors (Lipinski definition) is 3. The van der Waals surface area contributed by atoms with Crippen LogP contribution in [0.2, 0.25) is 5.04 Å². The highest BCUT2D eigenvalue weighted by atomic mass is 28.4. The van der Waals surface area contributed by atoms with E-state index < -0.39 is 19.5 Å². The molecule has 0 heterocycles. The summed E-state index contributed by atoms with van der Waals surface area (Å²) in [6.45, 7) is 14.4. The van der Waals surface area contributed by atoms with E-state index in [1.807, 2.05) is 27.7 Å². The molecule has 0 saturated carbocycles. The molecule has 0 atom stereocenters. The maximum atomic E-state index is 10.4. The van der Waals surface area contributed by atoms with E-state index in [0.717, 1.165) is 49.7 Å². The average molecular weight is 623 g/mol. The zero-order valence-electron chi connectivity index (χ0n) is 28.5. The Morgan fingerprint density at radius 2 is 0.889 bits per heavy atom. The minimum atomic E-state index is -2.68. The van der Waals surface area contributed by atoms with Crippen LogP contribution in [0.5, 0.6) is 0 Å². The van der Waals surface area contributed by atoms with Gasteiger partial charge in [-0.3, -0.25) is 0 Å². The maximum absolute atomic E-state index is 10.4. The van der Waals surface area contributed by atoms with Gasteiger partial charge in [0.05, 0.1) is 11.2 Å². The second-order valence-electron chi connectivity index (χ2n) is 14.7. The molecule has 4 rings (SSSR count). The molecule has 0 fully saturated rings. The standard InChI is InChI=1S/C41H54O3Si/c1-39(2,3)45(37-20-10-8-11-21-37,38-22-12-9-13-23-38)44-36(18-14-16-32-24-28-34(29-25-32)40(4,5)42)19-15-17-33-26-30-35(31-27-33)41(6,7)43/h8-13,20-31,36,42-43H,14-19H2,1-7H3. The Balaban J connectivity index is 1.59. The number of rotatable bonds is 14. The molecule has 4 aromatic carbocycles. The van der Waals surface area contributed by atoms with Crippen molar-refractivity contribution in [2.24, 2.45) is 0 Å². The van der Waals surface area contributed by atoms with Crippen LogP contribution in [-0.4, -0.2) is 24.6 Å². The van der Waals surface area contributed by atoms with E-state index in [2.05, 4.69) is 130 Å². The van der Waals surface area contributed by atoms with Crippen LogP contribution in [0, 0.1) is 0 Å². The summed E-state index contributed by atoms with van der Waals surface area (Å²) in [5.74, 6) is 0. The van der Waals surface area contributed by atoms with Crippen molar-refractivity contribution in [3.8, 4) is 0 Å². The quantitative estimate of drug-likeness (QED) is 0.139. The second-order valence-corrected chi connectivity index (χ2v) is 19.0. The Hall–Kier alpha value is -3.02. The summed E-state index contributed by atoms with van der Waals surface area (Å²) >= 11 is 0. The average Bonchev–Trinajstić information content (AvgIpc) is 2.99. The minimum absolute atomic E-state index is 0.0756. The summed E-state index contributed by atoms with van der Waals surface area (Å²) < 4.78 is 7.65. The van der Waals surface area contributed by atoms with Crippen molar-refractivity contribution in [1.29, 1.82) is 0 Å². The molecule has 240 valence electrons. The molecular weight excluding hydrogens is 569 g/mol. The van der Waals surface area contributed by atoms with Crippen molar-refractivity contribution in [2.75, 3.05) is 0 Å². The first-order chi connectivity index (χ1) is 21.2. The van der Waals surface area contributed by atoms with Crippen LogP contribution < -0.4 is 10.4 Å². The van der Waals surface area contributed by atoms with Gasteiger partial charge in [0.15, 0.2) is 0 Å². The van der Waals surface area contributed by atoms with Crippen molar-refractivity contribution in [3.63, 3.8) is 0 Å². The predicted octanol–water partition coefficient (Wildman–Crippen LogP) is 8.43. The lowest BCUT2D eigenvalue weighted by atomic mass is 9.95. The van der Waals surface area contributed by atoms with E-state index in [-0.39, 0.29) is 11.1 Å². The van der Waals surface area contributed by atoms with Gasteiger partial charge in [0, 0.05) is 6.10 Å². The van der Waals surface area contributed by atoms with Gasteiger partial charge in [-0.05, 0) is 104 Å². The Bertz CT molecular complexity index is 1340. The van der Waals surface area contributed by atoms with Crippen LogP contribution in [0.4, 0.5) is 0 Å². The first-order valence-electron chi connectivity index (χ1n) is 16.6. The number of benzene rings is 4. The number of aliphatic hydroxyl groups is 2. The molecule has 0 aliphatic rings. The zero-order chi connectivity index (χ0) is 32.7. The van der Waals surface area contributed by atoms with Gasteiger partial charge in [0.2, 0.25) is 0 Å². The van der Waals surface area contributed by atoms with E-state index in [1.165, 1.54) is 21.5 Å². The maximum Gasteiger partial charge on any atom is 0.261 e. The van der Waals surface area contributed by atoms with Gasteiger partial charge in [0.1, 0.15) is 0 Å². The minimum Gasteiger partial charge on any atom is -0.404 e. The monoisotopic (exact) mass is 622 g/mol. The van der Waals surface area contributed by atoms with Gasteiger partial charge in [-0.2, -0.15) is 0 Å². The summed E-state index contributed by atoms with van der Waals surface area (Å²) in [5.41, 5.74) is 2.80. The molecule has 2 N–H and O–H groups in total. The molecule has 0 amide bonds. The lowest BCUT2D eigenvalue weighted by molar-refractivity contribution is 0.0780. The summed E-state index contributed by atoms with van der Waals surface area (Å²) in [5, 5.41) is 23.3. The fourth-order valence-electron chi connectivity index (χ4n) is 6.43. The molecule has 3 nitrogen and oxygen atoms in total. The van der Waals surface area contributed by atoms with Gasteiger partial charge in [-0.15, -0.1) is 0 Å². The first-order valence-corrected chi connectivity index (χ1v) is 18.5. The summed E-state index contributed by atoms with van der Waals surface area (Å²) in [4.78, 5) is 0. The van der Waals surface area contributed by atoms with Crippen molar-refractivity contribution in [3.05, 3.63) is 131 Å². The fraction of sp³-hybridized carbons (Fsp3) is 0.415. The summed E-state index contributed by atoms with van der Waals surface area (Å²) in [6.07, 6.45) is 6.10. The summed E-state index contributed by atoms with van der Waals surface area (Å²) in [6, 6.07) is 38.7. The fourth-order valence-corrected chi connectivity index (χ4v) is 11.2.